The molecule has 0 saturated heterocycles. The molecule has 0 bridgehead atoms. The average molecular weight is 330 g/mol. The van der Waals surface area contributed by atoms with Gasteiger partial charge in [-0.25, -0.2) is 4.99 Å². The van der Waals surface area contributed by atoms with Gasteiger partial charge in [0.2, 0.25) is 0 Å². The quantitative estimate of drug-likeness (QED) is 0.777. The largest absolute Gasteiger partial charge is 0.496 e. The van der Waals surface area contributed by atoms with Crippen molar-refractivity contribution in [2.75, 3.05) is 21.3 Å². The van der Waals surface area contributed by atoms with Crippen molar-refractivity contribution in [3.63, 3.8) is 0 Å². The molecule has 2 aromatic rings. The van der Waals surface area contributed by atoms with E-state index in [2.05, 4.69) is 11.1 Å². The molecular weight excluding hydrogens is 312 g/mol. The molecule has 0 saturated carbocycles. The van der Waals surface area contributed by atoms with Crippen molar-refractivity contribution in [2.45, 2.75) is 13.8 Å². The second-order valence-electron chi connectivity index (χ2n) is 4.78. The van der Waals surface area contributed by atoms with Crippen molar-refractivity contribution in [2.24, 2.45) is 4.99 Å². The van der Waals surface area contributed by atoms with E-state index in [1.54, 1.807) is 39.7 Å². The van der Waals surface area contributed by atoms with E-state index in [0.29, 0.717) is 27.8 Å². The van der Waals surface area contributed by atoms with Crippen LogP contribution in [-0.2, 0) is 0 Å². The van der Waals surface area contributed by atoms with E-state index in [-0.39, 0.29) is 0 Å². The summed E-state index contributed by atoms with van der Waals surface area (Å²) in [7, 11) is 4.73. The fraction of sp³-hybridized carbons (Fsp3) is 0.294. The molecule has 0 fully saturated rings. The van der Waals surface area contributed by atoms with Crippen LogP contribution in [0.15, 0.2) is 17.1 Å². The Hall–Kier alpha value is -2.52. The summed E-state index contributed by atoms with van der Waals surface area (Å²) in [5.74, 6) is 1.80. The molecule has 0 radical (unpaired) electrons. The van der Waals surface area contributed by atoms with Crippen molar-refractivity contribution < 1.29 is 14.2 Å². The molecule has 2 rings (SSSR count). The fourth-order valence-corrected chi connectivity index (χ4v) is 3.06. The first kappa shape index (κ1) is 16.8. The Morgan fingerprint density at radius 2 is 1.65 bits per heavy atom. The Morgan fingerprint density at radius 1 is 1.04 bits per heavy atom. The molecule has 1 aromatic heterocycles. The van der Waals surface area contributed by atoms with E-state index >= 15 is 0 Å². The maximum absolute atomic E-state index is 9.28. The monoisotopic (exact) mass is 330 g/mol. The van der Waals surface area contributed by atoms with Gasteiger partial charge in [0.15, 0.2) is 11.5 Å². The molecule has 1 heterocycles. The highest BCUT2D eigenvalue weighted by Gasteiger charge is 2.13. The van der Waals surface area contributed by atoms with Crippen molar-refractivity contribution >= 4 is 22.6 Å². The second kappa shape index (κ2) is 7.16. The molecule has 0 atom stereocenters. The maximum Gasteiger partial charge on any atom is 0.164 e. The lowest BCUT2D eigenvalue weighted by atomic mass is 10.1. The molecule has 0 aliphatic rings. The molecule has 0 unspecified atom stereocenters. The number of methoxy groups -OCH3 is 3. The number of rotatable bonds is 5. The normalized spacial score (nSPS) is 10.6. The minimum absolute atomic E-state index is 0.585. The number of hydrogen-bond donors (Lipinski definition) is 0. The molecule has 0 amide bonds. The third kappa shape index (κ3) is 3.30. The van der Waals surface area contributed by atoms with E-state index in [4.69, 9.17) is 14.2 Å². The van der Waals surface area contributed by atoms with E-state index in [1.165, 1.54) is 11.3 Å². The summed E-state index contributed by atoms with van der Waals surface area (Å²) in [6, 6.07) is 5.75. The Balaban J connectivity index is 2.47. The van der Waals surface area contributed by atoms with Gasteiger partial charge in [0.1, 0.15) is 16.8 Å². The van der Waals surface area contributed by atoms with E-state index in [9.17, 15) is 5.26 Å². The molecule has 5 nitrogen and oxygen atoms in total. The molecule has 23 heavy (non-hydrogen) atoms. The van der Waals surface area contributed by atoms with Crippen molar-refractivity contribution in [1.29, 1.82) is 5.26 Å². The van der Waals surface area contributed by atoms with Crippen molar-refractivity contribution in [3.8, 4) is 23.3 Å². The average Bonchev–Trinajstić information content (AvgIpc) is 2.85. The third-order valence-electron chi connectivity index (χ3n) is 3.54. The minimum Gasteiger partial charge on any atom is -0.496 e. The van der Waals surface area contributed by atoms with Crippen LogP contribution in [0.4, 0.5) is 5.00 Å². The van der Waals surface area contributed by atoms with Crippen molar-refractivity contribution in [3.05, 3.63) is 33.7 Å². The van der Waals surface area contributed by atoms with Crippen LogP contribution in [0.25, 0.3) is 0 Å². The predicted octanol–water partition coefficient (Wildman–Crippen LogP) is 4.01. The zero-order valence-corrected chi connectivity index (χ0v) is 14.6. The lowest BCUT2D eigenvalue weighted by Gasteiger charge is -2.11. The smallest absolute Gasteiger partial charge is 0.164 e. The summed E-state index contributed by atoms with van der Waals surface area (Å²) in [5.41, 5.74) is 2.34. The summed E-state index contributed by atoms with van der Waals surface area (Å²) < 4.78 is 15.9. The first-order chi connectivity index (χ1) is 11.0. The number of nitrogens with zero attached hydrogens (tertiary/aromatic N) is 2. The molecule has 120 valence electrons. The van der Waals surface area contributed by atoms with E-state index < -0.39 is 0 Å². The van der Waals surface area contributed by atoms with E-state index in [1.807, 2.05) is 13.8 Å². The molecular formula is C17H18N2O3S. The van der Waals surface area contributed by atoms with Crippen LogP contribution in [0.1, 0.15) is 21.6 Å². The van der Waals surface area contributed by atoms with Gasteiger partial charge in [0, 0.05) is 22.7 Å². The second-order valence-corrected chi connectivity index (χ2v) is 5.99. The zero-order valence-electron chi connectivity index (χ0n) is 13.8. The minimum atomic E-state index is 0.585. The Labute approximate surface area is 139 Å². The van der Waals surface area contributed by atoms with Gasteiger partial charge in [0.25, 0.3) is 0 Å². The van der Waals surface area contributed by atoms with Gasteiger partial charge < -0.3 is 14.2 Å². The van der Waals surface area contributed by atoms with Crippen LogP contribution in [-0.4, -0.2) is 27.5 Å². The van der Waals surface area contributed by atoms with Crippen LogP contribution in [0.3, 0.4) is 0 Å². The molecule has 1 aromatic carbocycles. The first-order valence-electron chi connectivity index (χ1n) is 6.89. The SMILES string of the molecule is COc1cc(OC)c(OC)cc1/C=N/c1sc(C)c(C)c1C#N. The Kier molecular flexibility index (Phi) is 5.24. The van der Waals surface area contributed by atoms with Gasteiger partial charge in [0.05, 0.1) is 26.9 Å². The maximum atomic E-state index is 9.28. The van der Waals surface area contributed by atoms with Gasteiger partial charge in [-0.1, -0.05) is 0 Å². The van der Waals surface area contributed by atoms with Crippen molar-refractivity contribution in [1.82, 2.24) is 0 Å². The predicted molar refractivity (Wildman–Crippen MR) is 91.9 cm³/mol. The zero-order chi connectivity index (χ0) is 17.0. The van der Waals surface area contributed by atoms with Crippen LogP contribution < -0.4 is 14.2 Å². The molecule has 0 aliphatic carbocycles. The number of thiophene rings is 1. The summed E-state index contributed by atoms with van der Waals surface area (Å²) in [5, 5.41) is 9.98. The number of nitriles is 1. The van der Waals surface area contributed by atoms with Gasteiger partial charge in [-0.3, -0.25) is 0 Å². The summed E-state index contributed by atoms with van der Waals surface area (Å²) in [4.78, 5) is 5.55. The summed E-state index contributed by atoms with van der Waals surface area (Å²) in [6.45, 7) is 3.91. The number of aryl methyl sites for hydroxylation is 1. The molecule has 6 heteroatoms. The molecule has 0 aliphatic heterocycles. The van der Waals surface area contributed by atoms with Crippen LogP contribution in [0.2, 0.25) is 0 Å². The van der Waals surface area contributed by atoms with Gasteiger partial charge in [-0.2, -0.15) is 5.26 Å². The van der Waals surface area contributed by atoms with Crippen LogP contribution in [0.5, 0.6) is 17.2 Å². The van der Waals surface area contributed by atoms with Gasteiger partial charge >= 0.3 is 0 Å². The molecule has 0 N–H and O–H groups in total. The highest BCUT2D eigenvalue weighted by molar-refractivity contribution is 7.16. The van der Waals surface area contributed by atoms with Crippen LogP contribution >= 0.6 is 11.3 Å². The number of benzene rings is 1. The fourth-order valence-electron chi connectivity index (χ4n) is 2.11. The molecule has 0 spiro atoms. The number of ether oxygens (including phenoxy) is 3. The highest BCUT2D eigenvalue weighted by atomic mass is 32.1. The topological polar surface area (TPSA) is 63.8 Å². The number of hydrogen-bond acceptors (Lipinski definition) is 6. The number of aliphatic imine (C=N–C) groups is 1. The Bertz CT molecular complexity index is 788. The lowest BCUT2D eigenvalue weighted by molar-refractivity contribution is 0.349. The van der Waals surface area contributed by atoms with Gasteiger partial charge in [-0.05, 0) is 25.5 Å². The van der Waals surface area contributed by atoms with Crippen LogP contribution in [0, 0.1) is 25.2 Å². The summed E-state index contributed by atoms with van der Waals surface area (Å²) in [6.07, 6.45) is 1.67. The summed E-state index contributed by atoms with van der Waals surface area (Å²) >= 11 is 1.50. The van der Waals surface area contributed by atoms with E-state index in [0.717, 1.165) is 16.0 Å². The lowest BCUT2D eigenvalue weighted by Crippen LogP contribution is -1.96. The third-order valence-corrected chi connectivity index (χ3v) is 4.65. The standard InChI is InChI=1S/C17H18N2O3S/c1-10-11(2)23-17(13(10)8-18)19-9-12-6-15(21-4)16(22-5)7-14(12)20-3/h6-7,9H,1-5H3/b19-9+. The van der Waals surface area contributed by atoms with Gasteiger partial charge in [-0.15, -0.1) is 11.3 Å². The Morgan fingerprint density at radius 3 is 2.22 bits per heavy atom. The first-order valence-corrected chi connectivity index (χ1v) is 7.71. The highest BCUT2D eigenvalue weighted by Crippen LogP contribution is 2.36.